The summed E-state index contributed by atoms with van der Waals surface area (Å²) in [6, 6.07) is 6.98. The van der Waals surface area contributed by atoms with Crippen LogP contribution in [0.4, 0.5) is 13.2 Å². The summed E-state index contributed by atoms with van der Waals surface area (Å²) in [5.74, 6) is -1.36. The Morgan fingerprint density at radius 1 is 1.30 bits per heavy atom. The quantitative estimate of drug-likeness (QED) is 0.545. The van der Waals surface area contributed by atoms with Crippen LogP contribution in [-0.4, -0.2) is 22.6 Å². The number of hydrogen-bond acceptors (Lipinski definition) is 3. The Bertz CT molecular complexity index is 849. The van der Waals surface area contributed by atoms with Gasteiger partial charge in [0.05, 0.1) is 22.7 Å². The minimum atomic E-state index is -4.48. The first-order valence-electron chi connectivity index (χ1n) is 9.74. The highest BCUT2D eigenvalue weighted by molar-refractivity contribution is 5.85. The van der Waals surface area contributed by atoms with E-state index >= 15 is 0 Å². The second kappa shape index (κ2) is 11.2. The Hall–Kier alpha value is -1.57. The number of alkyl halides is 3. The molecule has 2 N–H and O–H groups in total. The van der Waals surface area contributed by atoms with Crippen LogP contribution in [0.15, 0.2) is 30.3 Å². The van der Waals surface area contributed by atoms with Gasteiger partial charge in [-0.15, -0.1) is 24.8 Å². The summed E-state index contributed by atoms with van der Waals surface area (Å²) in [6.07, 6.45) is -0.949. The molecule has 1 aromatic heterocycles. The van der Waals surface area contributed by atoms with Gasteiger partial charge in [0.25, 0.3) is 0 Å². The second-order valence-electron chi connectivity index (χ2n) is 7.49. The summed E-state index contributed by atoms with van der Waals surface area (Å²) in [5.41, 5.74) is -0.0647. The maximum atomic E-state index is 13.6. The Labute approximate surface area is 186 Å². The number of unbranched alkanes of at least 4 members (excludes halogenated alkanes) is 1. The third-order valence-electron chi connectivity index (χ3n) is 5.60. The number of nitrogens with one attached hydrogen (secondary N) is 1. The molecule has 1 aromatic carbocycles. The van der Waals surface area contributed by atoms with Crippen LogP contribution in [0.5, 0.6) is 0 Å². The number of aliphatic carboxylic acids is 1. The topological polar surface area (TPSA) is 62.2 Å². The average Bonchev–Trinajstić information content (AvgIpc) is 2.66. The van der Waals surface area contributed by atoms with Gasteiger partial charge in [0.15, 0.2) is 0 Å². The van der Waals surface area contributed by atoms with Crippen LogP contribution in [0.1, 0.15) is 56.3 Å². The molecular weight excluding hydrogens is 440 g/mol. The molecule has 0 saturated carbocycles. The number of fused-ring (bicyclic) bond motifs is 1. The van der Waals surface area contributed by atoms with Crippen LogP contribution in [0.3, 0.4) is 0 Å². The van der Waals surface area contributed by atoms with Gasteiger partial charge in [0, 0.05) is 11.4 Å². The van der Waals surface area contributed by atoms with E-state index < -0.39 is 23.6 Å². The number of nitrogens with zero attached hydrogens (tertiary/aromatic N) is 1. The van der Waals surface area contributed by atoms with E-state index in [1.165, 1.54) is 6.07 Å². The summed E-state index contributed by atoms with van der Waals surface area (Å²) in [7, 11) is 0. The first-order chi connectivity index (χ1) is 13.3. The van der Waals surface area contributed by atoms with Crippen molar-refractivity contribution >= 4 is 41.7 Å². The number of carboxylic acids is 1. The van der Waals surface area contributed by atoms with E-state index in [9.17, 15) is 23.1 Å². The molecule has 30 heavy (non-hydrogen) atoms. The normalized spacial score (nSPS) is 20.1. The fraction of sp³-hybridized carbons (Fsp3) is 0.524. The van der Waals surface area contributed by atoms with Crippen LogP contribution >= 0.6 is 24.8 Å². The lowest BCUT2D eigenvalue weighted by Crippen LogP contribution is -2.37. The maximum Gasteiger partial charge on any atom is 0.417 e. The zero-order valence-electron chi connectivity index (χ0n) is 16.6. The van der Waals surface area contributed by atoms with E-state index in [4.69, 9.17) is 0 Å². The van der Waals surface area contributed by atoms with E-state index in [1.807, 2.05) is 6.92 Å². The molecular formula is C21H27Cl2F3N2O2. The molecule has 2 aromatic rings. The van der Waals surface area contributed by atoms with Crippen LogP contribution in [-0.2, 0) is 11.0 Å². The number of pyridine rings is 1. The number of aromatic nitrogens is 1. The van der Waals surface area contributed by atoms with Gasteiger partial charge in [-0.05, 0) is 43.9 Å². The van der Waals surface area contributed by atoms with Gasteiger partial charge in [-0.2, -0.15) is 13.2 Å². The molecule has 0 spiro atoms. The molecule has 3 rings (SSSR count). The predicted molar refractivity (Wildman–Crippen MR) is 115 cm³/mol. The lowest BCUT2D eigenvalue weighted by Gasteiger charge is -2.34. The van der Waals surface area contributed by atoms with Crippen molar-refractivity contribution in [2.24, 2.45) is 11.8 Å². The summed E-state index contributed by atoms with van der Waals surface area (Å²) < 4.78 is 40.8. The number of benzene rings is 1. The first kappa shape index (κ1) is 26.5. The minimum absolute atomic E-state index is 0. The van der Waals surface area contributed by atoms with Crippen LogP contribution in [0, 0.1) is 11.8 Å². The van der Waals surface area contributed by atoms with Gasteiger partial charge >= 0.3 is 12.1 Å². The molecule has 1 aliphatic heterocycles. The third-order valence-corrected chi connectivity index (χ3v) is 5.60. The molecule has 1 saturated heterocycles. The van der Waals surface area contributed by atoms with Gasteiger partial charge in [-0.1, -0.05) is 38.0 Å². The molecule has 1 aliphatic rings. The highest BCUT2D eigenvalue weighted by atomic mass is 35.5. The third kappa shape index (κ3) is 5.99. The molecule has 4 nitrogen and oxygen atoms in total. The van der Waals surface area contributed by atoms with E-state index in [0.29, 0.717) is 37.0 Å². The number of carboxylic acid groups (broad SMARTS) is 1. The summed E-state index contributed by atoms with van der Waals surface area (Å²) in [5, 5.41) is 12.9. The lowest BCUT2D eigenvalue weighted by atomic mass is 9.78. The van der Waals surface area contributed by atoms with Crippen LogP contribution < -0.4 is 5.32 Å². The number of piperidine rings is 1. The molecule has 1 fully saturated rings. The largest absolute Gasteiger partial charge is 0.481 e. The van der Waals surface area contributed by atoms with Gasteiger partial charge in [-0.3, -0.25) is 9.78 Å². The van der Waals surface area contributed by atoms with Crippen LogP contribution in [0.25, 0.3) is 10.9 Å². The fourth-order valence-electron chi connectivity index (χ4n) is 4.13. The van der Waals surface area contributed by atoms with Crippen molar-refractivity contribution in [1.29, 1.82) is 0 Å². The molecule has 3 atom stereocenters. The molecule has 0 amide bonds. The summed E-state index contributed by atoms with van der Waals surface area (Å²) in [6.45, 7) is 2.59. The molecule has 0 bridgehead atoms. The van der Waals surface area contributed by atoms with E-state index in [-0.39, 0.29) is 42.2 Å². The molecule has 0 radical (unpaired) electrons. The van der Waals surface area contributed by atoms with Gasteiger partial charge in [0.1, 0.15) is 0 Å². The van der Waals surface area contributed by atoms with Crippen molar-refractivity contribution in [3.05, 3.63) is 41.6 Å². The lowest BCUT2D eigenvalue weighted by molar-refractivity contribution is -0.144. The standard InChI is InChI=1S/C21H25F3N2O2.2ClH/c1-2-3-6-14(20(27)28)13-9-10-25-18(11-13)19-12-16(21(22,23)24)15-7-4-5-8-17(15)26-19;;/h4-5,7-8,12-14,18,25H,2-3,6,9-11H2,1H3,(H,27,28);2*1H. The van der Waals surface area contributed by atoms with E-state index in [1.54, 1.807) is 18.2 Å². The van der Waals surface area contributed by atoms with E-state index in [2.05, 4.69) is 10.3 Å². The fourth-order valence-corrected chi connectivity index (χ4v) is 4.13. The number of halogens is 5. The zero-order chi connectivity index (χ0) is 20.3. The van der Waals surface area contributed by atoms with Crippen molar-refractivity contribution < 1.29 is 23.1 Å². The van der Waals surface area contributed by atoms with Crippen molar-refractivity contribution in [2.45, 2.75) is 51.2 Å². The average molecular weight is 467 g/mol. The summed E-state index contributed by atoms with van der Waals surface area (Å²) in [4.78, 5) is 16.2. The van der Waals surface area contributed by atoms with Crippen molar-refractivity contribution in [3.63, 3.8) is 0 Å². The molecule has 9 heteroatoms. The zero-order valence-corrected chi connectivity index (χ0v) is 18.2. The highest BCUT2D eigenvalue weighted by Gasteiger charge is 2.36. The Morgan fingerprint density at radius 2 is 2.00 bits per heavy atom. The Morgan fingerprint density at radius 3 is 2.63 bits per heavy atom. The van der Waals surface area contributed by atoms with Crippen molar-refractivity contribution in [2.75, 3.05) is 6.54 Å². The second-order valence-corrected chi connectivity index (χ2v) is 7.49. The smallest absolute Gasteiger partial charge is 0.417 e. The predicted octanol–water partition coefficient (Wildman–Crippen LogP) is 6.03. The van der Waals surface area contributed by atoms with Gasteiger partial charge < -0.3 is 10.4 Å². The van der Waals surface area contributed by atoms with Gasteiger partial charge in [0.2, 0.25) is 0 Å². The molecule has 0 aliphatic carbocycles. The Balaban J connectivity index is 0.00000225. The van der Waals surface area contributed by atoms with E-state index in [0.717, 1.165) is 18.9 Å². The first-order valence-corrected chi connectivity index (χ1v) is 9.74. The number of hydrogen-bond donors (Lipinski definition) is 2. The van der Waals surface area contributed by atoms with Crippen molar-refractivity contribution in [1.82, 2.24) is 10.3 Å². The SMILES string of the molecule is CCCCC(C(=O)O)C1CCNC(c2cc(C(F)(F)F)c3ccccc3n2)C1.Cl.Cl. The monoisotopic (exact) mass is 466 g/mol. The van der Waals surface area contributed by atoms with Crippen LogP contribution in [0.2, 0.25) is 0 Å². The van der Waals surface area contributed by atoms with Gasteiger partial charge in [-0.25, -0.2) is 0 Å². The number of carbonyl (C=O) groups is 1. The Kier molecular flexibility index (Phi) is 9.85. The maximum absolute atomic E-state index is 13.6. The molecule has 2 heterocycles. The van der Waals surface area contributed by atoms with Crippen molar-refractivity contribution in [3.8, 4) is 0 Å². The molecule has 3 unspecified atom stereocenters. The highest BCUT2D eigenvalue weighted by Crippen LogP contribution is 2.38. The minimum Gasteiger partial charge on any atom is -0.481 e. The summed E-state index contributed by atoms with van der Waals surface area (Å²) >= 11 is 0. The molecule has 168 valence electrons. The number of para-hydroxylation sites is 1. The number of rotatable bonds is 6.